The normalized spacial score (nSPS) is 17.4. The SMILES string of the molecule is CCCCCCCCCC/C=C/C(O)C(COC1OC(CO)C(O)C(O)C1O)NC(=O)CCCCCCCCCCCCCCCCCCC/C=C\C/C=C\CCCCCCCCCCCCCCCCCOC(=O)CCCCCCCCCCCCCCCCCCCCC. The molecule has 6 N–H and O–H groups in total. The standard InChI is InChI=1S/C85H161NO10/c1-3-5-7-9-11-13-15-16-17-18-40-44-47-50-53-57-61-65-69-73-81(90)94-74-70-66-62-58-54-51-48-45-42-39-37-35-33-31-29-27-25-23-21-19-20-22-24-26-28-30-32-34-36-38-41-43-46-49-52-56-60-64-68-72-80(89)86-77(76-95-85-84(93)83(92)82(91)79(75-87)96-85)78(88)71-67-63-59-55-14-12-10-8-6-4-2/h19-20,23,25,67,71,77-79,82-85,87-88,91-93H,3-18,21-22,24,26-66,68-70,72-76H2,1-2H3,(H,86,89)/b20-19-,25-23-,71-67+. The van der Waals surface area contributed by atoms with Gasteiger partial charge in [0.2, 0.25) is 5.91 Å². The van der Waals surface area contributed by atoms with E-state index in [2.05, 4.69) is 43.5 Å². The number of nitrogens with one attached hydrogen (secondary N) is 1. The van der Waals surface area contributed by atoms with Crippen molar-refractivity contribution in [1.29, 1.82) is 0 Å². The summed E-state index contributed by atoms with van der Waals surface area (Å²) in [5, 5.41) is 54.4. The molecule has 11 nitrogen and oxygen atoms in total. The van der Waals surface area contributed by atoms with Gasteiger partial charge in [0, 0.05) is 12.8 Å². The van der Waals surface area contributed by atoms with Crippen LogP contribution >= 0.6 is 0 Å². The number of hydrogen-bond acceptors (Lipinski definition) is 10. The Hall–Kier alpha value is -2.12. The number of carbonyl (C=O) groups is 2. The Morgan fingerprint density at radius 3 is 1.05 bits per heavy atom. The monoisotopic (exact) mass is 1360 g/mol. The van der Waals surface area contributed by atoms with E-state index in [1.807, 2.05) is 6.08 Å². The number of esters is 1. The molecule has 0 spiro atoms. The number of hydrogen-bond donors (Lipinski definition) is 6. The summed E-state index contributed by atoms with van der Waals surface area (Å²) in [5.74, 6) is -0.158. The van der Waals surface area contributed by atoms with Gasteiger partial charge in [-0.15, -0.1) is 0 Å². The number of amides is 1. The third-order valence-electron chi connectivity index (χ3n) is 20.2. The molecule has 11 heteroatoms. The van der Waals surface area contributed by atoms with Crippen molar-refractivity contribution in [1.82, 2.24) is 5.32 Å². The first-order valence-corrected chi connectivity index (χ1v) is 42.3. The van der Waals surface area contributed by atoms with Crippen molar-refractivity contribution in [3.05, 3.63) is 36.5 Å². The van der Waals surface area contributed by atoms with Crippen molar-refractivity contribution in [2.75, 3.05) is 19.8 Å². The van der Waals surface area contributed by atoms with E-state index in [9.17, 15) is 35.1 Å². The van der Waals surface area contributed by atoms with E-state index in [-0.39, 0.29) is 18.5 Å². The van der Waals surface area contributed by atoms with Crippen LogP contribution in [0.3, 0.4) is 0 Å². The first-order chi connectivity index (χ1) is 47.2. The van der Waals surface area contributed by atoms with E-state index in [1.54, 1.807) is 6.08 Å². The fourth-order valence-corrected chi connectivity index (χ4v) is 13.6. The lowest BCUT2D eigenvalue weighted by Gasteiger charge is -2.40. The number of rotatable bonds is 76. The Labute approximate surface area is 594 Å². The summed E-state index contributed by atoms with van der Waals surface area (Å²) in [6.45, 7) is 4.39. The smallest absolute Gasteiger partial charge is 0.305 e. The van der Waals surface area contributed by atoms with Gasteiger partial charge in [-0.2, -0.15) is 0 Å². The highest BCUT2D eigenvalue weighted by Gasteiger charge is 2.44. The van der Waals surface area contributed by atoms with Crippen LogP contribution in [0.15, 0.2) is 36.5 Å². The van der Waals surface area contributed by atoms with Gasteiger partial charge >= 0.3 is 5.97 Å². The lowest BCUT2D eigenvalue weighted by Crippen LogP contribution is -2.60. The Morgan fingerprint density at radius 1 is 0.385 bits per heavy atom. The maximum Gasteiger partial charge on any atom is 0.305 e. The van der Waals surface area contributed by atoms with Crippen molar-refractivity contribution in [2.45, 2.75) is 474 Å². The molecule has 1 aliphatic heterocycles. The molecule has 0 radical (unpaired) electrons. The first-order valence-electron chi connectivity index (χ1n) is 42.3. The molecule has 0 aromatic heterocycles. The van der Waals surface area contributed by atoms with Crippen molar-refractivity contribution >= 4 is 11.9 Å². The molecule has 0 saturated carbocycles. The quantitative estimate of drug-likeness (QED) is 0.0195. The van der Waals surface area contributed by atoms with Gasteiger partial charge in [0.1, 0.15) is 24.4 Å². The maximum atomic E-state index is 13.1. The third-order valence-corrected chi connectivity index (χ3v) is 20.2. The minimum absolute atomic E-state index is 0.0203. The number of unbranched alkanes of at least 4 members (excludes halogenated alkanes) is 58. The van der Waals surface area contributed by atoms with Gasteiger partial charge in [-0.05, 0) is 64.2 Å². The van der Waals surface area contributed by atoms with Crippen LogP contribution in [0.1, 0.15) is 431 Å². The molecule has 0 aromatic carbocycles. The molecular weight excluding hydrogens is 1190 g/mol. The fourth-order valence-electron chi connectivity index (χ4n) is 13.6. The minimum atomic E-state index is -1.57. The Morgan fingerprint density at radius 2 is 0.698 bits per heavy atom. The zero-order valence-electron chi connectivity index (χ0n) is 63.4. The highest BCUT2D eigenvalue weighted by Crippen LogP contribution is 2.24. The summed E-state index contributed by atoms with van der Waals surface area (Å²) < 4.78 is 16.8. The second-order valence-electron chi connectivity index (χ2n) is 29.5. The topological polar surface area (TPSA) is 175 Å². The molecule has 0 bridgehead atoms. The van der Waals surface area contributed by atoms with Crippen molar-refractivity contribution < 1.29 is 49.3 Å². The lowest BCUT2D eigenvalue weighted by molar-refractivity contribution is -0.302. The Kier molecular flexibility index (Phi) is 70.9. The van der Waals surface area contributed by atoms with Gasteiger partial charge in [-0.25, -0.2) is 0 Å². The molecule has 0 aliphatic carbocycles. The fraction of sp³-hybridized carbons (Fsp3) is 0.906. The molecule has 1 aliphatic rings. The van der Waals surface area contributed by atoms with E-state index in [4.69, 9.17) is 14.2 Å². The zero-order chi connectivity index (χ0) is 69.4. The predicted octanol–water partition coefficient (Wildman–Crippen LogP) is 23.3. The van der Waals surface area contributed by atoms with Gasteiger partial charge in [-0.3, -0.25) is 9.59 Å². The molecule has 1 heterocycles. The number of allylic oxidation sites excluding steroid dienone is 5. The van der Waals surface area contributed by atoms with E-state index in [0.29, 0.717) is 19.4 Å². The number of carbonyl (C=O) groups excluding carboxylic acids is 2. The molecule has 1 amide bonds. The van der Waals surface area contributed by atoms with Gasteiger partial charge in [-0.1, -0.05) is 391 Å². The molecule has 7 atom stereocenters. The summed E-state index contributed by atoms with van der Waals surface area (Å²) in [6.07, 6.45) is 87.8. The third kappa shape index (κ3) is 61.7. The van der Waals surface area contributed by atoms with Gasteiger partial charge in [0.05, 0.1) is 32.0 Å². The molecule has 1 rings (SSSR count). The second-order valence-corrected chi connectivity index (χ2v) is 29.5. The predicted molar refractivity (Wildman–Crippen MR) is 407 cm³/mol. The molecular formula is C85H161NO10. The summed E-state index contributed by atoms with van der Waals surface area (Å²) in [7, 11) is 0. The Balaban J connectivity index is 1.85. The van der Waals surface area contributed by atoms with Crippen LogP contribution in [0, 0.1) is 0 Å². The van der Waals surface area contributed by atoms with Crippen LogP contribution in [-0.2, 0) is 23.8 Å². The first kappa shape index (κ1) is 91.9. The van der Waals surface area contributed by atoms with E-state index < -0.39 is 49.5 Å². The molecule has 1 fully saturated rings. The highest BCUT2D eigenvalue weighted by molar-refractivity contribution is 5.76. The van der Waals surface area contributed by atoms with Crippen LogP contribution < -0.4 is 5.32 Å². The number of aliphatic hydroxyl groups is 5. The van der Waals surface area contributed by atoms with E-state index in [0.717, 1.165) is 57.8 Å². The van der Waals surface area contributed by atoms with E-state index >= 15 is 0 Å². The molecule has 0 aromatic rings. The van der Waals surface area contributed by atoms with Crippen LogP contribution in [0.4, 0.5) is 0 Å². The second kappa shape index (κ2) is 74.1. The van der Waals surface area contributed by atoms with Crippen molar-refractivity contribution in [3.63, 3.8) is 0 Å². The molecule has 7 unspecified atom stereocenters. The van der Waals surface area contributed by atoms with Crippen molar-refractivity contribution in [2.24, 2.45) is 0 Å². The van der Waals surface area contributed by atoms with Crippen LogP contribution in [0.2, 0.25) is 0 Å². The molecule has 1 saturated heterocycles. The van der Waals surface area contributed by atoms with Crippen LogP contribution in [0.5, 0.6) is 0 Å². The van der Waals surface area contributed by atoms with Crippen LogP contribution in [0.25, 0.3) is 0 Å². The van der Waals surface area contributed by atoms with Crippen LogP contribution in [-0.4, -0.2) is 100 Å². The zero-order valence-corrected chi connectivity index (χ0v) is 63.4. The molecule has 96 heavy (non-hydrogen) atoms. The van der Waals surface area contributed by atoms with Gasteiger partial charge in [0.15, 0.2) is 6.29 Å². The average Bonchev–Trinajstić information content (AvgIpc) is 0.836. The largest absolute Gasteiger partial charge is 0.466 e. The Bertz CT molecular complexity index is 1690. The summed E-state index contributed by atoms with van der Waals surface area (Å²) in [6, 6.07) is -0.807. The number of aliphatic hydroxyl groups excluding tert-OH is 5. The lowest BCUT2D eigenvalue weighted by atomic mass is 9.99. The van der Waals surface area contributed by atoms with Crippen molar-refractivity contribution in [3.8, 4) is 0 Å². The van der Waals surface area contributed by atoms with Gasteiger partial charge in [0.25, 0.3) is 0 Å². The summed E-state index contributed by atoms with van der Waals surface area (Å²) in [4.78, 5) is 25.2. The summed E-state index contributed by atoms with van der Waals surface area (Å²) in [5.41, 5.74) is 0. The van der Waals surface area contributed by atoms with Gasteiger partial charge < -0.3 is 45.1 Å². The summed E-state index contributed by atoms with van der Waals surface area (Å²) >= 11 is 0. The average molecular weight is 1360 g/mol. The highest BCUT2D eigenvalue weighted by atomic mass is 16.7. The molecule has 566 valence electrons. The van der Waals surface area contributed by atoms with E-state index in [1.165, 1.54) is 347 Å². The number of ether oxygens (including phenoxy) is 3. The minimum Gasteiger partial charge on any atom is -0.466 e. The maximum absolute atomic E-state index is 13.1.